The number of alkyl halides is 1. The molecule has 0 radical (unpaired) electrons. The number of ether oxygens (including phenoxy) is 1. The summed E-state index contributed by atoms with van der Waals surface area (Å²) in [5.41, 5.74) is 0. The third-order valence-corrected chi connectivity index (χ3v) is 2.97. The summed E-state index contributed by atoms with van der Waals surface area (Å²) in [5.74, 6) is 0. The molecule has 0 amide bonds. The van der Waals surface area contributed by atoms with Crippen molar-refractivity contribution in [2.75, 3.05) is 5.33 Å². The normalized spacial score (nSPS) is 31.1. The molecule has 1 aliphatic heterocycles. The number of rotatable bonds is 4. The lowest BCUT2D eigenvalue weighted by molar-refractivity contribution is 0.0528. The lowest BCUT2D eigenvalue weighted by Crippen LogP contribution is -2.11. The number of halogens is 1. The highest BCUT2D eigenvalue weighted by Gasteiger charge is 2.23. The molecule has 1 fully saturated rings. The summed E-state index contributed by atoms with van der Waals surface area (Å²) in [7, 11) is 0. The van der Waals surface area contributed by atoms with Gasteiger partial charge in [-0.3, -0.25) is 0 Å². The van der Waals surface area contributed by atoms with E-state index in [9.17, 15) is 0 Å². The molecule has 0 bridgehead atoms. The van der Waals surface area contributed by atoms with Gasteiger partial charge in [0.1, 0.15) is 0 Å². The smallest absolute Gasteiger partial charge is 0.0676 e. The van der Waals surface area contributed by atoms with E-state index in [1.165, 1.54) is 32.1 Å². The zero-order valence-electron chi connectivity index (χ0n) is 7.18. The van der Waals surface area contributed by atoms with Gasteiger partial charge >= 0.3 is 0 Å². The average molecular weight is 221 g/mol. The van der Waals surface area contributed by atoms with Crippen molar-refractivity contribution in [1.29, 1.82) is 0 Å². The van der Waals surface area contributed by atoms with Gasteiger partial charge in [0.2, 0.25) is 0 Å². The minimum atomic E-state index is 0.497. The van der Waals surface area contributed by atoms with Crippen molar-refractivity contribution in [3.8, 4) is 0 Å². The molecule has 0 aromatic carbocycles. The predicted octanol–water partition coefficient (Wildman–Crippen LogP) is 3.12. The number of hydrogen-bond acceptors (Lipinski definition) is 1. The topological polar surface area (TPSA) is 9.23 Å². The molecule has 66 valence electrons. The first-order chi connectivity index (χ1) is 5.36. The Morgan fingerprint density at radius 2 is 2.09 bits per heavy atom. The molecule has 0 spiro atoms. The van der Waals surface area contributed by atoms with Crippen LogP contribution in [0, 0.1) is 0 Å². The molecule has 11 heavy (non-hydrogen) atoms. The van der Waals surface area contributed by atoms with Gasteiger partial charge in [0.05, 0.1) is 12.2 Å². The highest BCUT2D eigenvalue weighted by molar-refractivity contribution is 9.09. The third kappa shape index (κ3) is 3.12. The van der Waals surface area contributed by atoms with E-state index in [0.29, 0.717) is 12.2 Å². The quantitative estimate of drug-likeness (QED) is 0.662. The van der Waals surface area contributed by atoms with Crippen LogP contribution in [-0.4, -0.2) is 17.5 Å². The summed E-state index contributed by atoms with van der Waals surface area (Å²) in [6.45, 7) is 2.23. The largest absolute Gasteiger partial charge is 0.374 e. The van der Waals surface area contributed by atoms with Crippen LogP contribution < -0.4 is 0 Å². The van der Waals surface area contributed by atoms with Crippen molar-refractivity contribution in [1.82, 2.24) is 0 Å². The van der Waals surface area contributed by atoms with E-state index in [-0.39, 0.29) is 0 Å². The van der Waals surface area contributed by atoms with Crippen LogP contribution in [0.2, 0.25) is 0 Å². The molecule has 0 saturated carbocycles. The van der Waals surface area contributed by atoms with Crippen molar-refractivity contribution in [2.45, 2.75) is 51.2 Å². The predicted molar refractivity (Wildman–Crippen MR) is 51.2 cm³/mol. The minimum absolute atomic E-state index is 0.497. The first-order valence-corrected chi connectivity index (χ1v) is 5.70. The Bertz CT molecular complexity index is 106. The van der Waals surface area contributed by atoms with E-state index in [1.54, 1.807) is 0 Å². The van der Waals surface area contributed by atoms with Gasteiger partial charge in [-0.2, -0.15) is 0 Å². The second-order valence-electron chi connectivity index (χ2n) is 3.25. The van der Waals surface area contributed by atoms with Crippen LogP contribution in [0.1, 0.15) is 39.0 Å². The Balaban J connectivity index is 2.09. The van der Waals surface area contributed by atoms with Gasteiger partial charge in [0, 0.05) is 5.33 Å². The second-order valence-corrected chi connectivity index (χ2v) is 3.90. The number of hydrogen-bond donors (Lipinski definition) is 0. The lowest BCUT2D eigenvalue weighted by atomic mass is 10.1. The summed E-state index contributed by atoms with van der Waals surface area (Å²) >= 11 is 3.45. The minimum Gasteiger partial charge on any atom is -0.374 e. The first kappa shape index (κ1) is 9.53. The van der Waals surface area contributed by atoms with Gasteiger partial charge in [0.25, 0.3) is 0 Å². The average Bonchev–Trinajstić information content (AvgIpc) is 2.48. The van der Waals surface area contributed by atoms with E-state index in [0.717, 1.165) is 5.33 Å². The SMILES string of the molecule is CCCCC1CCC(CBr)O1. The maximum absolute atomic E-state index is 5.77. The molecule has 0 aliphatic carbocycles. The standard InChI is InChI=1S/C9H17BrO/c1-2-3-4-8-5-6-9(7-10)11-8/h8-9H,2-7H2,1H3. The van der Waals surface area contributed by atoms with Gasteiger partial charge in [-0.15, -0.1) is 0 Å². The highest BCUT2D eigenvalue weighted by atomic mass is 79.9. The summed E-state index contributed by atoms with van der Waals surface area (Å²) < 4.78 is 5.77. The Labute approximate surface area is 77.6 Å². The maximum atomic E-state index is 5.77. The van der Waals surface area contributed by atoms with Crippen LogP contribution in [0.25, 0.3) is 0 Å². The molecular formula is C9H17BrO. The molecule has 1 heterocycles. The van der Waals surface area contributed by atoms with Gasteiger partial charge in [0.15, 0.2) is 0 Å². The second kappa shape index (κ2) is 5.15. The van der Waals surface area contributed by atoms with Gasteiger partial charge < -0.3 is 4.74 Å². The fourth-order valence-electron chi connectivity index (χ4n) is 1.54. The summed E-state index contributed by atoms with van der Waals surface area (Å²) in [6.07, 6.45) is 7.46. The summed E-state index contributed by atoms with van der Waals surface area (Å²) in [5, 5.41) is 1.01. The third-order valence-electron chi connectivity index (χ3n) is 2.25. The molecule has 0 aromatic heterocycles. The first-order valence-electron chi connectivity index (χ1n) is 4.58. The molecular weight excluding hydrogens is 204 g/mol. The maximum Gasteiger partial charge on any atom is 0.0676 e. The fourth-order valence-corrected chi connectivity index (χ4v) is 2.01. The highest BCUT2D eigenvalue weighted by Crippen LogP contribution is 2.24. The van der Waals surface area contributed by atoms with E-state index in [4.69, 9.17) is 4.74 Å². The van der Waals surface area contributed by atoms with E-state index in [2.05, 4.69) is 22.9 Å². The van der Waals surface area contributed by atoms with Crippen LogP contribution in [-0.2, 0) is 4.74 Å². The van der Waals surface area contributed by atoms with Crippen LogP contribution in [0.3, 0.4) is 0 Å². The Morgan fingerprint density at radius 3 is 2.64 bits per heavy atom. The Kier molecular flexibility index (Phi) is 4.46. The zero-order valence-corrected chi connectivity index (χ0v) is 8.77. The molecule has 2 unspecified atom stereocenters. The van der Waals surface area contributed by atoms with Crippen molar-refractivity contribution < 1.29 is 4.74 Å². The molecule has 0 aromatic rings. The zero-order chi connectivity index (χ0) is 8.10. The molecule has 2 atom stereocenters. The molecule has 1 rings (SSSR count). The van der Waals surface area contributed by atoms with Gasteiger partial charge in [-0.25, -0.2) is 0 Å². The van der Waals surface area contributed by atoms with Crippen LogP contribution in [0.15, 0.2) is 0 Å². The van der Waals surface area contributed by atoms with Crippen LogP contribution in [0.4, 0.5) is 0 Å². The van der Waals surface area contributed by atoms with E-state index < -0.39 is 0 Å². The Hall–Kier alpha value is 0.440. The van der Waals surface area contributed by atoms with Crippen molar-refractivity contribution in [3.63, 3.8) is 0 Å². The van der Waals surface area contributed by atoms with Crippen molar-refractivity contribution >= 4 is 15.9 Å². The fraction of sp³-hybridized carbons (Fsp3) is 1.00. The molecule has 1 aliphatic rings. The summed E-state index contributed by atoms with van der Waals surface area (Å²) in [6, 6.07) is 0. The number of unbranched alkanes of at least 4 members (excludes halogenated alkanes) is 1. The van der Waals surface area contributed by atoms with Crippen LogP contribution in [0.5, 0.6) is 0 Å². The lowest BCUT2D eigenvalue weighted by Gasteiger charge is -2.10. The Morgan fingerprint density at radius 1 is 1.36 bits per heavy atom. The van der Waals surface area contributed by atoms with Gasteiger partial charge in [-0.1, -0.05) is 35.7 Å². The molecule has 2 heteroatoms. The van der Waals surface area contributed by atoms with Crippen molar-refractivity contribution in [2.24, 2.45) is 0 Å². The van der Waals surface area contributed by atoms with E-state index >= 15 is 0 Å². The molecule has 1 nitrogen and oxygen atoms in total. The van der Waals surface area contributed by atoms with Gasteiger partial charge in [-0.05, 0) is 19.3 Å². The molecule has 0 N–H and O–H groups in total. The van der Waals surface area contributed by atoms with Crippen LogP contribution >= 0.6 is 15.9 Å². The monoisotopic (exact) mass is 220 g/mol. The van der Waals surface area contributed by atoms with Crippen molar-refractivity contribution in [3.05, 3.63) is 0 Å². The summed E-state index contributed by atoms with van der Waals surface area (Å²) in [4.78, 5) is 0. The van der Waals surface area contributed by atoms with E-state index in [1.807, 2.05) is 0 Å². The molecule has 1 saturated heterocycles.